The standard InChI is InChI=1S/C25H46O4/c1-2-3-4-5-6-7-8-9-10-11-12-13-14-15-16-17-18-19-20-21-25(28)29-23-24(27)22-26/h6-7,9-10,24,26-27H,2-5,8,11-23H2,1H3/b7-6-,10-9-. The predicted molar refractivity (Wildman–Crippen MR) is 122 cm³/mol. The van der Waals surface area contributed by atoms with E-state index < -0.39 is 6.10 Å². The second-order valence-corrected chi connectivity index (χ2v) is 7.91. The molecule has 0 amide bonds. The molecule has 0 radical (unpaired) electrons. The van der Waals surface area contributed by atoms with Crippen molar-refractivity contribution in [3.8, 4) is 0 Å². The van der Waals surface area contributed by atoms with E-state index in [1.54, 1.807) is 0 Å². The Hall–Kier alpha value is -1.13. The maximum atomic E-state index is 11.4. The number of allylic oxidation sites excluding steroid dienone is 4. The molecular weight excluding hydrogens is 364 g/mol. The zero-order valence-corrected chi connectivity index (χ0v) is 18.8. The molecule has 0 saturated heterocycles. The summed E-state index contributed by atoms with van der Waals surface area (Å²) in [5.74, 6) is -0.283. The highest BCUT2D eigenvalue weighted by molar-refractivity contribution is 5.69. The largest absolute Gasteiger partial charge is 0.463 e. The van der Waals surface area contributed by atoms with Crippen LogP contribution in [0.15, 0.2) is 24.3 Å². The van der Waals surface area contributed by atoms with E-state index in [4.69, 9.17) is 14.9 Å². The third kappa shape index (κ3) is 23.0. The molecule has 1 atom stereocenters. The van der Waals surface area contributed by atoms with Crippen LogP contribution in [0.5, 0.6) is 0 Å². The summed E-state index contributed by atoms with van der Waals surface area (Å²) < 4.78 is 4.87. The molecule has 29 heavy (non-hydrogen) atoms. The number of esters is 1. The van der Waals surface area contributed by atoms with E-state index >= 15 is 0 Å². The summed E-state index contributed by atoms with van der Waals surface area (Å²) >= 11 is 0. The Kier molecular flexibility index (Phi) is 22.2. The van der Waals surface area contributed by atoms with Crippen molar-refractivity contribution < 1.29 is 19.7 Å². The van der Waals surface area contributed by atoms with Crippen LogP contribution in [0.25, 0.3) is 0 Å². The number of ether oxygens (including phenoxy) is 1. The molecule has 0 rings (SSSR count). The average molecular weight is 411 g/mol. The number of carbonyl (C=O) groups excluding carboxylic acids is 1. The first-order valence-electron chi connectivity index (χ1n) is 11.9. The number of rotatable bonds is 21. The molecule has 0 aliphatic carbocycles. The van der Waals surface area contributed by atoms with E-state index in [1.165, 1.54) is 77.0 Å². The summed E-state index contributed by atoms with van der Waals surface area (Å²) in [7, 11) is 0. The fraction of sp³-hybridized carbons (Fsp3) is 0.800. The number of aliphatic hydroxyl groups is 2. The van der Waals surface area contributed by atoms with Crippen molar-refractivity contribution in [2.45, 2.75) is 116 Å². The monoisotopic (exact) mass is 410 g/mol. The zero-order chi connectivity index (χ0) is 21.4. The minimum Gasteiger partial charge on any atom is -0.463 e. The average Bonchev–Trinajstić information content (AvgIpc) is 2.73. The third-order valence-electron chi connectivity index (χ3n) is 4.98. The Morgan fingerprint density at radius 3 is 1.86 bits per heavy atom. The number of aliphatic hydroxyl groups excluding tert-OH is 2. The van der Waals surface area contributed by atoms with E-state index in [1.807, 2.05) is 0 Å². The van der Waals surface area contributed by atoms with Crippen molar-refractivity contribution in [2.24, 2.45) is 0 Å². The molecule has 2 N–H and O–H groups in total. The van der Waals surface area contributed by atoms with E-state index in [2.05, 4.69) is 31.2 Å². The van der Waals surface area contributed by atoms with Crippen molar-refractivity contribution in [1.82, 2.24) is 0 Å². The van der Waals surface area contributed by atoms with E-state index in [0.717, 1.165) is 19.3 Å². The lowest BCUT2D eigenvalue weighted by Gasteiger charge is -2.08. The minimum atomic E-state index is -0.961. The molecule has 0 aromatic rings. The van der Waals surface area contributed by atoms with Gasteiger partial charge < -0.3 is 14.9 Å². The lowest BCUT2D eigenvalue weighted by molar-refractivity contribution is -0.147. The van der Waals surface area contributed by atoms with Crippen molar-refractivity contribution in [1.29, 1.82) is 0 Å². The van der Waals surface area contributed by atoms with E-state index in [0.29, 0.717) is 6.42 Å². The molecule has 0 aliphatic rings. The second kappa shape index (κ2) is 23.2. The lowest BCUT2D eigenvalue weighted by atomic mass is 10.1. The fourth-order valence-corrected chi connectivity index (χ4v) is 3.10. The topological polar surface area (TPSA) is 66.8 Å². The number of hydrogen-bond donors (Lipinski definition) is 2. The van der Waals surface area contributed by atoms with Gasteiger partial charge in [-0.2, -0.15) is 0 Å². The minimum absolute atomic E-state index is 0.110. The Bertz CT molecular complexity index is 404. The van der Waals surface area contributed by atoms with Crippen molar-refractivity contribution >= 4 is 5.97 Å². The highest BCUT2D eigenvalue weighted by atomic mass is 16.5. The molecule has 0 bridgehead atoms. The first-order valence-corrected chi connectivity index (χ1v) is 11.9. The van der Waals surface area contributed by atoms with Crippen LogP contribution >= 0.6 is 0 Å². The maximum absolute atomic E-state index is 11.4. The van der Waals surface area contributed by atoms with Gasteiger partial charge in [0.25, 0.3) is 0 Å². The van der Waals surface area contributed by atoms with Crippen LogP contribution in [0.1, 0.15) is 110 Å². The normalized spacial score (nSPS) is 12.8. The first kappa shape index (κ1) is 27.9. The molecule has 0 heterocycles. The maximum Gasteiger partial charge on any atom is 0.305 e. The highest BCUT2D eigenvalue weighted by Gasteiger charge is 2.07. The number of carbonyl (C=O) groups is 1. The van der Waals surface area contributed by atoms with Crippen molar-refractivity contribution in [3.63, 3.8) is 0 Å². The van der Waals surface area contributed by atoms with Gasteiger partial charge in [0.1, 0.15) is 12.7 Å². The molecule has 0 aliphatic heterocycles. The van der Waals surface area contributed by atoms with Gasteiger partial charge in [0.05, 0.1) is 6.61 Å². The van der Waals surface area contributed by atoms with Gasteiger partial charge in [-0.25, -0.2) is 0 Å². The first-order chi connectivity index (χ1) is 14.2. The van der Waals surface area contributed by atoms with Crippen LogP contribution in [0.2, 0.25) is 0 Å². The summed E-state index contributed by atoms with van der Waals surface area (Å²) in [6, 6.07) is 0. The zero-order valence-electron chi connectivity index (χ0n) is 18.8. The lowest BCUT2D eigenvalue weighted by Crippen LogP contribution is -2.21. The van der Waals surface area contributed by atoms with Gasteiger partial charge in [0, 0.05) is 6.42 Å². The Morgan fingerprint density at radius 1 is 0.793 bits per heavy atom. The molecule has 4 nitrogen and oxygen atoms in total. The highest BCUT2D eigenvalue weighted by Crippen LogP contribution is 2.12. The molecule has 0 saturated carbocycles. The Morgan fingerprint density at radius 2 is 1.31 bits per heavy atom. The molecule has 0 spiro atoms. The van der Waals surface area contributed by atoms with E-state index in [9.17, 15) is 4.79 Å². The van der Waals surface area contributed by atoms with Gasteiger partial charge in [-0.05, 0) is 38.5 Å². The summed E-state index contributed by atoms with van der Waals surface area (Å²) in [4.78, 5) is 11.4. The quantitative estimate of drug-likeness (QED) is 0.133. The summed E-state index contributed by atoms with van der Waals surface area (Å²) in [6.45, 7) is 1.76. The number of hydrogen-bond acceptors (Lipinski definition) is 4. The molecule has 0 fully saturated rings. The SMILES string of the molecule is CCCCC/C=C\C/C=C\CCCCCCCCCCCC(=O)OCC(O)CO. The van der Waals surface area contributed by atoms with Gasteiger partial charge in [-0.1, -0.05) is 89.0 Å². The number of unbranched alkanes of at least 4 members (excludes halogenated alkanes) is 12. The molecule has 0 aromatic heterocycles. The van der Waals surface area contributed by atoms with Crippen LogP contribution in [0.4, 0.5) is 0 Å². The van der Waals surface area contributed by atoms with Gasteiger partial charge in [0.15, 0.2) is 0 Å². The summed E-state index contributed by atoms with van der Waals surface area (Å²) in [5.41, 5.74) is 0. The molecule has 0 aromatic carbocycles. The second-order valence-electron chi connectivity index (χ2n) is 7.91. The molecule has 170 valence electrons. The van der Waals surface area contributed by atoms with Gasteiger partial charge in [-0.3, -0.25) is 4.79 Å². The fourth-order valence-electron chi connectivity index (χ4n) is 3.10. The van der Waals surface area contributed by atoms with Crippen molar-refractivity contribution in [3.05, 3.63) is 24.3 Å². The van der Waals surface area contributed by atoms with Crippen LogP contribution in [0, 0.1) is 0 Å². The van der Waals surface area contributed by atoms with Gasteiger partial charge >= 0.3 is 5.97 Å². The molecule has 4 heteroatoms. The molecule has 1 unspecified atom stereocenters. The third-order valence-corrected chi connectivity index (χ3v) is 4.98. The Labute approximate surface area is 179 Å². The van der Waals surface area contributed by atoms with Crippen LogP contribution < -0.4 is 0 Å². The Balaban J connectivity index is 3.24. The van der Waals surface area contributed by atoms with Crippen LogP contribution in [-0.4, -0.2) is 35.5 Å². The van der Waals surface area contributed by atoms with Crippen LogP contribution in [-0.2, 0) is 9.53 Å². The predicted octanol–water partition coefficient (Wildman–Crippen LogP) is 6.26. The summed E-state index contributed by atoms with van der Waals surface area (Å²) in [5, 5.41) is 17.8. The van der Waals surface area contributed by atoms with Gasteiger partial charge in [0.2, 0.25) is 0 Å². The van der Waals surface area contributed by atoms with Crippen LogP contribution in [0.3, 0.4) is 0 Å². The summed E-state index contributed by atoms with van der Waals surface area (Å²) in [6.07, 6.45) is 27.0. The molecular formula is C25H46O4. The van der Waals surface area contributed by atoms with E-state index in [-0.39, 0.29) is 19.2 Å². The van der Waals surface area contributed by atoms with Gasteiger partial charge in [-0.15, -0.1) is 0 Å². The smallest absolute Gasteiger partial charge is 0.305 e. The van der Waals surface area contributed by atoms with Crippen molar-refractivity contribution in [2.75, 3.05) is 13.2 Å².